The Hall–Kier alpha value is -1.59. The minimum absolute atomic E-state index is 0.181. The largest absolute Gasteiger partial charge is 0.393 e. The number of amides is 1. The molecule has 3 atom stereocenters. The van der Waals surface area contributed by atoms with Crippen LogP contribution in [-0.4, -0.2) is 41.4 Å². The number of likely N-dealkylation sites (N-methyl/N-ethyl adjacent to an activating group) is 1. The maximum atomic E-state index is 11.9. The number of anilines is 2. The molecule has 2 N–H and O–H groups in total. The Morgan fingerprint density at radius 1 is 1.14 bits per heavy atom. The zero-order valence-electron chi connectivity index (χ0n) is 12.1. The van der Waals surface area contributed by atoms with E-state index in [1.54, 1.807) is 7.05 Å². The highest BCUT2D eigenvalue weighted by Crippen LogP contribution is 2.43. The number of piperidine rings is 1. The van der Waals surface area contributed by atoms with Gasteiger partial charge in [-0.05, 0) is 37.8 Å². The fourth-order valence-corrected chi connectivity index (χ4v) is 4.22. The number of aliphatic hydroxyl groups is 2. The van der Waals surface area contributed by atoms with E-state index in [1.165, 1.54) is 4.90 Å². The molecule has 3 aliphatic rings. The highest BCUT2D eigenvalue weighted by molar-refractivity contribution is 6.03. The van der Waals surface area contributed by atoms with E-state index in [9.17, 15) is 15.0 Å². The molecule has 21 heavy (non-hydrogen) atoms. The molecule has 4 rings (SSSR count). The van der Waals surface area contributed by atoms with Crippen molar-refractivity contribution in [1.29, 1.82) is 0 Å². The Bertz CT molecular complexity index is 589. The molecule has 0 saturated carbocycles. The van der Waals surface area contributed by atoms with Crippen molar-refractivity contribution in [2.75, 3.05) is 16.8 Å². The first-order chi connectivity index (χ1) is 10.1. The number of carbonyl (C=O) groups excluding carboxylic acids is 1. The van der Waals surface area contributed by atoms with E-state index < -0.39 is 6.10 Å². The van der Waals surface area contributed by atoms with Crippen LogP contribution in [0, 0.1) is 0 Å². The number of carbonyl (C=O) groups is 1. The van der Waals surface area contributed by atoms with Crippen molar-refractivity contribution in [3.05, 3.63) is 23.8 Å². The van der Waals surface area contributed by atoms with Gasteiger partial charge in [-0.1, -0.05) is 6.07 Å². The van der Waals surface area contributed by atoms with Gasteiger partial charge >= 0.3 is 0 Å². The lowest BCUT2D eigenvalue weighted by Gasteiger charge is -2.39. The van der Waals surface area contributed by atoms with Crippen LogP contribution >= 0.6 is 0 Å². The average molecular weight is 288 g/mol. The van der Waals surface area contributed by atoms with Gasteiger partial charge in [0.05, 0.1) is 11.8 Å². The molecule has 3 unspecified atom stereocenters. The third-order valence-corrected chi connectivity index (χ3v) is 5.24. The lowest BCUT2D eigenvalue weighted by molar-refractivity contribution is -0.125. The van der Waals surface area contributed by atoms with Gasteiger partial charge in [0.25, 0.3) is 5.91 Å². The number of benzene rings is 1. The van der Waals surface area contributed by atoms with Crippen LogP contribution in [0.3, 0.4) is 0 Å². The minimum Gasteiger partial charge on any atom is -0.393 e. The summed E-state index contributed by atoms with van der Waals surface area (Å²) >= 11 is 0. The number of aliphatic hydroxyl groups excluding tert-OH is 2. The van der Waals surface area contributed by atoms with Gasteiger partial charge in [-0.25, -0.2) is 0 Å². The van der Waals surface area contributed by atoms with Crippen LogP contribution in [0.15, 0.2) is 18.2 Å². The van der Waals surface area contributed by atoms with Crippen LogP contribution in [0.1, 0.15) is 37.4 Å². The van der Waals surface area contributed by atoms with Crippen LogP contribution in [0.4, 0.5) is 11.4 Å². The SMILES string of the molecule is CN1C(=O)C(O)c2ccc(N3C4CCC3CC(O)C4)cc21. The van der Waals surface area contributed by atoms with Crippen LogP contribution in [-0.2, 0) is 4.79 Å². The summed E-state index contributed by atoms with van der Waals surface area (Å²) in [6.45, 7) is 0. The molecule has 0 aromatic heterocycles. The summed E-state index contributed by atoms with van der Waals surface area (Å²) in [5, 5.41) is 19.8. The molecular formula is C16H20N2O3. The first-order valence-corrected chi connectivity index (χ1v) is 7.62. The number of hydrogen-bond donors (Lipinski definition) is 2. The van der Waals surface area contributed by atoms with E-state index in [0.717, 1.165) is 37.1 Å². The summed E-state index contributed by atoms with van der Waals surface area (Å²) in [6, 6.07) is 6.65. The molecule has 112 valence electrons. The lowest BCUT2D eigenvalue weighted by atomic mass is 9.98. The standard InChI is InChI=1S/C16H20N2O3/c1-17-14-8-11(4-5-13(14)15(20)16(17)21)18-9-2-3-10(18)7-12(19)6-9/h4-5,8-10,12,15,19-20H,2-3,6-7H2,1H3. The topological polar surface area (TPSA) is 64.0 Å². The highest BCUT2D eigenvalue weighted by atomic mass is 16.3. The third kappa shape index (κ3) is 1.80. The van der Waals surface area contributed by atoms with E-state index in [2.05, 4.69) is 4.90 Å². The van der Waals surface area contributed by atoms with Gasteiger partial charge in [-0.3, -0.25) is 4.79 Å². The van der Waals surface area contributed by atoms with E-state index in [4.69, 9.17) is 0 Å². The maximum absolute atomic E-state index is 11.9. The summed E-state index contributed by atoms with van der Waals surface area (Å²) in [4.78, 5) is 15.8. The van der Waals surface area contributed by atoms with Gasteiger partial charge in [-0.15, -0.1) is 0 Å². The fraction of sp³-hybridized carbons (Fsp3) is 0.562. The van der Waals surface area contributed by atoms with Gasteiger partial charge in [0.15, 0.2) is 6.10 Å². The van der Waals surface area contributed by atoms with Crippen molar-refractivity contribution in [2.24, 2.45) is 0 Å². The molecule has 1 aromatic carbocycles. The summed E-state index contributed by atoms with van der Waals surface area (Å²) in [7, 11) is 1.70. The molecule has 5 heteroatoms. The molecule has 0 radical (unpaired) electrons. The van der Waals surface area contributed by atoms with Gasteiger partial charge in [-0.2, -0.15) is 0 Å². The first-order valence-electron chi connectivity index (χ1n) is 7.62. The molecule has 1 aromatic rings. The monoisotopic (exact) mass is 288 g/mol. The van der Waals surface area contributed by atoms with Gasteiger partial charge in [0, 0.05) is 30.4 Å². The molecule has 5 nitrogen and oxygen atoms in total. The van der Waals surface area contributed by atoms with E-state index >= 15 is 0 Å². The summed E-state index contributed by atoms with van der Waals surface area (Å²) in [6.07, 6.45) is 2.68. The highest BCUT2D eigenvalue weighted by Gasteiger charge is 2.41. The Labute approximate surface area is 123 Å². The second-order valence-electron chi connectivity index (χ2n) is 6.46. The van der Waals surface area contributed by atoms with Crippen LogP contribution in [0.25, 0.3) is 0 Å². The number of rotatable bonds is 1. The second-order valence-corrected chi connectivity index (χ2v) is 6.46. The van der Waals surface area contributed by atoms with Gasteiger partial charge in [0.2, 0.25) is 0 Å². The average Bonchev–Trinajstić information content (AvgIpc) is 2.86. The van der Waals surface area contributed by atoms with E-state index in [1.807, 2.05) is 18.2 Å². The Kier molecular flexibility index (Phi) is 2.78. The van der Waals surface area contributed by atoms with Crippen molar-refractivity contribution in [3.63, 3.8) is 0 Å². The predicted molar refractivity (Wildman–Crippen MR) is 79.3 cm³/mol. The summed E-state index contributed by atoms with van der Waals surface area (Å²) in [5.74, 6) is -0.265. The molecule has 1 amide bonds. The van der Waals surface area contributed by atoms with Crippen molar-refractivity contribution in [1.82, 2.24) is 0 Å². The zero-order chi connectivity index (χ0) is 14.7. The van der Waals surface area contributed by atoms with Crippen LogP contribution < -0.4 is 9.80 Å². The Balaban J connectivity index is 1.71. The van der Waals surface area contributed by atoms with Crippen LogP contribution in [0.5, 0.6) is 0 Å². The van der Waals surface area contributed by atoms with Crippen LogP contribution in [0.2, 0.25) is 0 Å². The van der Waals surface area contributed by atoms with Crippen molar-refractivity contribution in [3.8, 4) is 0 Å². The molecule has 3 aliphatic heterocycles. The minimum atomic E-state index is -1.03. The lowest BCUT2D eigenvalue weighted by Crippen LogP contribution is -2.44. The third-order valence-electron chi connectivity index (χ3n) is 5.24. The second kappa shape index (κ2) is 4.45. The molecule has 2 fully saturated rings. The normalized spacial score (nSPS) is 34.5. The Morgan fingerprint density at radius 2 is 1.81 bits per heavy atom. The Morgan fingerprint density at radius 3 is 2.48 bits per heavy atom. The number of hydrogen-bond acceptors (Lipinski definition) is 4. The molecule has 3 heterocycles. The number of fused-ring (bicyclic) bond motifs is 3. The maximum Gasteiger partial charge on any atom is 0.260 e. The van der Waals surface area contributed by atoms with Crippen molar-refractivity contribution < 1.29 is 15.0 Å². The van der Waals surface area contributed by atoms with Crippen molar-refractivity contribution >= 4 is 17.3 Å². The quantitative estimate of drug-likeness (QED) is 0.815. The first kappa shape index (κ1) is 13.1. The van der Waals surface area contributed by atoms with E-state index in [-0.39, 0.29) is 12.0 Å². The number of nitrogens with zero attached hydrogens (tertiary/aromatic N) is 2. The summed E-state index contributed by atoms with van der Waals surface area (Å²) in [5.41, 5.74) is 2.59. The van der Waals surface area contributed by atoms with Crippen molar-refractivity contribution in [2.45, 2.75) is 50.0 Å². The van der Waals surface area contributed by atoms with Gasteiger partial charge < -0.3 is 20.0 Å². The molecule has 2 bridgehead atoms. The summed E-state index contributed by atoms with van der Waals surface area (Å²) < 4.78 is 0. The van der Waals surface area contributed by atoms with E-state index in [0.29, 0.717) is 17.6 Å². The molecule has 0 spiro atoms. The fourth-order valence-electron chi connectivity index (χ4n) is 4.22. The molecule has 2 saturated heterocycles. The zero-order valence-corrected chi connectivity index (χ0v) is 12.1. The molecule has 0 aliphatic carbocycles. The predicted octanol–water partition coefficient (Wildman–Crippen LogP) is 1.19. The molecular weight excluding hydrogens is 268 g/mol. The van der Waals surface area contributed by atoms with Gasteiger partial charge in [0.1, 0.15) is 0 Å². The smallest absolute Gasteiger partial charge is 0.260 e.